The topological polar surface area (TPSA) is 48.0 Å². The second kappa shape index (κ2) is 9.58. The van der Waals surface area contributed by atoms with Gasteiger partial charge in [0.1, 0.15) is 6.20 Å². The van der Waals surface area contributed by atoms with Gasteiger partial charge in [-0.05, 0) is 17.2 Å². The van der Waals surface area contributed by atoms with Gasteiger partial charge >= 0.3 is 5.65 Å². The molecule has 7 rings (SSSR count). The Morgan fingerprint density at radius 2 is 1.43 bits per heavy atom. The van der Waals surface area contributed by atoms with Crippen molar-refractivity contribution in [1.82, 2.24) is 14.6 Å². The van der Waals surface area contributed by atoms with Crippen LogP contribution in [-0.4, -0.2) is 14.6 Å². The molecule has 3 heterocycles. The van der Waals surface area contributed by atoms with Gasteiger partial charge in [0, 0.05) is 42.8 Å². The van der Waals surface area contributed by atoms with Gasteiger partial charge in [-0.2, -0.15) is 4.68 Å². The van der Waals surface area contributed by atoms with E-state index >= 15 is 0 Å². The van der Waals surface area contributed by atoms with E-state index in [4.69, 9.17) is 9.40 Å². The average molecular weight is 657 g/mol. The molecule has 0 aliphatic carbocycles. The number of oxazole rings is 1. The molecule has 0 amide bonds. The van der Waals surface area contributed by atoms with Gasteiger partial charge in [-0.1, -0.05) is 95.5 Å². The predicted molar refractivity (Wildman–Crippen MR) is 139 cm³/mol. The first-order valence-electron chi connectivity index (χ1n) is 11.8. The van der Waals surface area contributed by atoms with Gasteiger partial charge in [-0.25, -0.2) is 4.98 Å². The van der Waals surface area contributed by atoms with Crippen LogP contribution in [0.25, 0.3) is 56.1 Å². The first-order chi connectivity index (χ1) is 17.9. The molecule has 0 saturated carbocycles. The summed E-state index contributed by atoms with van der Waals surface area (Å²) in [7, 11) is 0. The van der Waals surface area contributed by atoms with E-state index in [1.165, 1.54) is 6.39 Å². The van der Waals surface area contributed by atoms with E-state index in [2.05, 4.69) is 87.0 Å². The minimum absolute atomic E-state index is 0. The fraction of sp³-hybridized carbons (Fsp3) is 0. The van der Waals surface area contributed by atoms with Crippen molar-refractivity contribution < 1.29 is 29.0 Å². The molecule has 0 N–H and O–H groups in total. The zero-order chi connectivity index (χ0) is 23.9. The number of rotatable bonds is 4. The molecule has 0 atom stereocenters. The van der Waals surface area contributed by atoms with Crippen molar-refractivity contribution in [3.05, 3.63) is 128 Å². The summed E-state index contributed by atoms with van der Waals surface area (Å²) in [5, 5.41) is 0. The maximum atomic E-state index is 5.46. The van der Waals surface area contributed by atoms with Crippen LogP contribution in [0.1, 0.15) is 0 Å². The Morgan fingerprint density at radius 1 is 0.757 bits per heavy atom. The van der Waals surface area contributed by atoms with Crippen LogP contribution in [-0.2, 0) is 20.1 Å². The van der Waals surface area contributed by atoms with Crippen LogP contribution >= 0.6 is 0 Å². The number of aromatic nitrogens is 4. The van der Waals surface area contributed by atoms with Crippen LogP contribution in [0.15, 0.2) is 126 Å². The monoisotopic (exact) mass is 657 g/mol. The van der Waals surface area contributed by atoms with Crippen molar-refractivity contribution in [2.75, 3.05) is 0 Å². The molecule has 179 valence electrons. The molecule has 0 unspecified atom stereocenters. The summed E-state index contributed by atoms with van der Waals surface area (Å²) in [4.78, 5) is 9.42. The van der Waals surface area contributed by atoms with Gasteiger partial charge in [-0.15, -0.1) is 22.7 Å². The van der Waals surface area contributed by atoms with Crippen LogP contribution in [0.2, 0.25) is 0 Å². The molecule has 7 aromatic rings. The van der Waals surface area contributed by atoms with Gasteiger partial charge in [0.2, 0.25) is 5.82 Å². The van der Waals surface area contributed by atoms with E-state index < -0.39 is 0 Å². The van der Waals surface area contributed by atoms with E-state index in [0.29, 0.717) is 5.58 Å². The summed E-state index contributed by atoms with van der Waals surface area (Å²) in [6, 6.07) is 40.6. The Labute approximate surface area is 227 Å². The SMILES string of the molecule is [Ir].[c-]1cc2ocnc2cc1-c1nc2cccc[n+]2n1-c1c(-c2ccccc2)cccc1-c1ccccc1. The molecule has 0 bridgehead atoms. The molecule has 0 saturated heterocycles. The van der Waals surface area contributed by atoms with E-state index in [0.717, 1.165) is 50.5 Å². The number of para-hydroxylation sites is 1. The second-order valence-electron chi connectivity index (χ2n) is 8.53. The number of benzene rings is 4. The summed E-state index contributed by atoms with van der Waals surface area (Å²) in [5.74, 6) is 0.770. The van der Waals surface area contributed by atoms with Crippen molar-refractivity contribution in [2.24, 2.45) is 0 Å². The number of hydrogen-bond donors (Lipinski definition) is 0. The molecule has 0 aliphatic heterocycles. The summed E-state index contributed by atoms with van der Waals surface area (Å²) >= 11 is 0. The quantitative estimate of drug-likeness (QED) is 0.160. The Hall–Kier alpha value is -4.38. The molecular weight excluding hydrogens is 637 g/mol. The summed E-state index contributed by atoms with van der Waals surface area (Å²) < 4.78 is 9.73. The normalized spacial score (nSPS) is 11.0. The third-order valence-corrected chi connectivity index (χ3v) is 6.38. The van der Waals surface area contributed by atoms with Crippen molar-refractivity contribution in [3.8, 4) is 39.3 Å². The Balaban J connectivity index is 0.00000252. The van der Waals surface area contributed by atoms with Crippen LogP contribution in [0.4, 0.5) is 0 Å². The maximum absolute atomic E-state index is 5.46. The second-order valence-corrected chi connectivity index (χ2v) is 8.53. The molecule has 5 nitrogen and oxygen atoms in total. The summed E-state index contributed by atoms with van der Waals surface area (Å²) in [6.45, 7) is 0. The molecule has 3 aromatic heterocycles. The van der Waals surface area contributed by atoms with E-state index in [9.17, 15) is 0 Å². The number of fused-ring (bicyclic) bond motifs is 2. The number of nitrogens with zero attached hydrogens (tertiary/aromatic N) is 4. The average Bonchev–Trinajstić information content (AvgIpc) is 3.58. The smallest absolute Gasteiger partial charge is 0.338 e. The van der Waals surface area contributed by atoms with Crippen molar-refractivity contribution in [1.29, 1.82) is 0 Å². The minimum Gasteiger partial charge on any atom is -0.490 e. The van der Waals surface area contributed by atoms with Crippen LogP contribution in [0.5, 0.6) is 0 Å². The molecule has 0 aliphatic rings. The first kappa shape index (κ1) is 23.0. The zero-order valence-corrected chi connectivity index (χ0v) is 22.0. The number of pyridine rings is 1. The van der Waals surface area contributed by atoms with E-state index in [-0.39, 0.29) is 20.1 Å². The molecule has 1 radical (unpaired) electrons. The van der Waals surface area contributed by atoms with Crippen molar-refractivity contribution in [3.63, 3.8) is 0 Å². The standard InChI is InChI=1S/C31H20N4O.Ir/c1-3-10-22(11-4-1)25-14-9-15-26(23-12-5-2-6-13-23)30(25)35-31(33-29-16-7-8-19-34(29)35)24-17-18-28-27(20-24)32-21-36-28;/h1-16,18-21H;. The molecule has 6 heteroatoms. The first-order valence-corrected chi connectivity index (χ1v) is 11.8. The van der Waals surface area contributed by atoms with Crippen molar-refractivity contribution >= 4 is 16.7 Å². The van der Waals surface area contributed by atoms with Crippen LogP contribution < -0.4 is 4.52 Å². The van der Waals surface area contributed by atoms with Gasteiger partial charge in [0.05, 0.1) is 11.3 Å². The fourth-order valence-electron chi connectivity index (χ4n) is 4.73. The third-order valence-electron chi connectivity index (χ3n) is 6.38. The molecular formula is C31H20IrN4O. The molecule has 0 fully saturated rings. The summed E-state index contributed by atoms with van der Waals surface area (Å²) in [6.07, 6.45) is 3.50. The summed E-state index contributed by atoms with van der Waals surface area (Å²) in [5.41, 5.74) is 8.65. The van der Waals surface area contributed by atoms with Crippen LogP contribution in [0, 0.1) is 6.07 Å². The van der Waals surface area contributed by atoms with E-state index in [1.54, 1.807) is 0 Å². The van der Waals surface area contributed by atoms with Gasteiger partial charge in [-0.3, -0.25) is 0 Å². The van der Waals surface area contributed by atoms with Gasteiger partial charge in [0.25, 0.3) is 0 Å². The maximum Gasteiger partial charge on any atom is 0.338 e. The van der Waals surface area contributed by atoms with Crippen LogP contribution in [0.3, 0.4) is 0 Å². The Kier molecular flexibility index (Phi) is 5.97. The predicted octanol–water partition coefficient (Wildman–Crippen LogP) is 6.55. The minimum atomic E-state index is 0. The fourth-order valence-corrected chi connectivity index (χ4v) is 4.73. The van der Waals surface area contributed by atoms with Gasteiger partial charge < -0.3 is 4.42 Å². The number of hydrogen-bond acceptors (Lipinski definition) is 3. The van der Waals surface area contributed by atoms with E-state index in [1.807, 2.05) is 48.7 Å². The largest absolute Gasteiger partial charge is 0.490 e. The Morgan fingerprint density at radius 3 is 2.14 bits per heavy atom. The van der Waals surface area contributed by atoms with Crippen molar-refractivity contribution in [2.45, 2.75) is 0 Å². The van der Waals surface area contributed by atoms with Gasteiger partial charge in [0.15, 0.2) is 6.39 Å². The third kappa shape index (κ3) is 3.97. The molecule has 37 heavy (non-hydrogen) atoms. The molecule has 4 aromatic carbocycles. The zero-order valence-electron chi connectivity index (χ0n) is 19.6. The Bertz CT molecular complexity index is 1780. The molecule has 0 spiro atoms.